The first-order valence-corrected chi connectivity index (χ1v) is 6.31. The highest BCUT2D eigenvalue weighted by Gasteiger charge is 2.39. The zero-order valence-electron chi connectivity index (χ0n) is 10.6. The fourth-order valence-electron chi connectivity index (χ4n) is 2.30. The van der Waals surface area contributed by atoms with E-state index >= 15 is 0 Å². The number of carboxylic acid groups (broad SMARTS) is 1. The van der Waals surface area contributed by atoms with E-state index in [4.69, 9.17) is 5.11 Å². The number of hydrogen-bond donors (Lipinski definition) is 4. The van der Waals surface area contributed by atoms with Gasteiger partial charge in [-0.15, -0.1) is 0 Å². The Morgan fingerprint density at radius 1 is 1.42 bits per heavy atom. The quantitative estimate of drug-likeness (QED) is 0.612. The minimum absolute atomic E-state index is 0.117. The number of imidazole rings is 1. The van der Waals surface area contributed by atoms with Crippen LogP contribution in [0.3, 0.4) is 0 Å². The van der Waals surface area contributed by atoms with Gasteiger partial charge in [0, 0.05) is 18.9 Å². The summed E-state index contributed by atoms with van der Waals surface area (Å²) in [6.45, 7) is 0.730. The van der Waals surface area contributed by atoms with Crippen LogP contribution in [0.15, 0.2) is 12.4 Å². The number of carboxylic acids is 1. The third kappa shape index (κ3) is 3.70. The SMILES string of the molecule is O=C(O)CC1(CNC(=O)NCc2ncc[nH]2)CCC1. The first-order valence-electron chi connectivity index (χ1n) is 6.31. The molecule has 1 heterocycles. The molecule has 7 heteroatoms. The fourth-order valence-corrected chi connectivity index (χ4v) is 2.30. The molecular weight excluding hydrogens is 248 g/mol. The maximum atomic E-state index is 11.6. The lowest BCUT2D eigenvalue weighted by Crippen LogP contribution is -2.46. The van der Waals surface area contributed by atoms with Crippen molar-refractivity contribution in [2.24, 2.45) is 5.41 Å². The lowest BCUT2D eigenvalue weighted by molar-refractivity contribution is -0.141. The maximum Gasteiger partial charge on any atom is 0.315 e. The van der Waals surface area contributed by atoms with Crippen LogP contribution in [0.2, 0.25) is 0 Å². The summed E-state index contributed by atoms with van der Waals surface area (Å²) in [5.41, 5.74) is -0.256. The molecule has 104 valence electrons. The molecule has 0 aliphatic heterocycles. The Morgan fingerprint density at radius 2 is 2.21 bits per heavy atom. The molecule has 1 aliphatic rings. The minimum atomic E-state index is -0.808. The van der Waals surface area contributed by atoms with Crippen molar-refractivity contribution in [3.63, 3.8) is 0 Å². The van der Waals surface area contributed by atoms with Gasteiger partial charge in [-0.05, 0) is 18.3 Å². The van der Waals surface area contributed by atoms with Crippen molar-refractivity contribution < 1.29 is 14.7 Å². The Kier molecular flexibility index (Phi) is 4.03. The fraction of sp³-hybridized carbons (Fsp3) is 0.583. The number of amides is 2. The third-order valence-electron chi connectivity index (χ3n) is 3.54. The number of urea groups is 1. The Hall–Kier alpha value is -2.05. The number of aliphatic carboxylic acids is 1. The highest BCUT2D eigenvalue weighted by molar-refractivity contribution is 5.74. The average Bonchev–Trinajstić information content (AvgIpc) is 2.82. The first-order chi connectivity index (χ1) is 9.10. The van der Waals surface area contributed by atoms with Gasteiger partial charge < -0.3 is 20.7 Å². The van der Waals surface area contributed by atoms with Crippen molar-refractivity contribution in [1.82, 2.24) is 20.6 Å². The van der Waals surface area contributed by atoms with Crippen LogP contribution in [0.5, 0.6) is 0 Å². The summed E-state index contributed by atoms with van der Waals surface area (Å²) in [4.78, 5) is 29.3. The largest absolute Gasteiger partial charge is 0.481 e. The molecule has 0 spiro atoms. The number of carbonyl (C=O) groups excluding carboxylic acids is 1. The van der Waals surface area contributed by atoms with Crippen LogP contribution in [-0.4, -0.2) is 33.6 Å². The van der Waals surface area contributed by atoms with Crippen molar-refractivity contribution in [3.05, 3.63) is 18.2 Å². The average molecular weight is 266 g/mol. The number of rotatable bonds is 6. The van der Waals surface area contributed by atoms with E-state index in [2.05, 4.69) is 20.6 Å². The molecule has 0 bridgehead atoms. The van der Waals surface area contributed by atoms with E-state index in [0.29, 0.717) is 18.9 Å². The van der Waals surface area contributed by atoms with Crippen molar-refractivity contribution in [2.45, 2.75) is 32.2 Å². The highest BCUT2D eigenvalue weighted by atomic mass is 16.4. The van der Waals surface area contributed by atoms with E-state index < -0.39 is 5.97 Å². The summed E-state index contributed by atoms with van der Waals surface area (Å²) < 4.78 is 0. The van der Waals surface area contributed by atoms with Gasteiger partial charge in [-0.3, -0.25) is 4.79 Å². The van der Waals surface area contributed by atoms with Gasteiger partial charge in [-0.2, -0.15) is 0 Å². The van der Waals surface area contributed by atoms with Crippen molar-refractivity contribution in [2.75, 3.05) is 6.54 Å². The molecule has 1 aromatic rings. The normalized spacial score (nSPS) is 16.4. The van der Waals surface area contributed by atoms with Gasteiger partial charge in [-0.25, -0.2) is 9.78 Å². The molecule has 19 heavy (non-hydrogen) atoms. The van der Waals surface area contributed by atoms with Gasteiger partial charge >= 0.3 is 12.0 Å². The monoisotopic (exact) mass is 266 g/mol. The number of H-pyrrole nitrogens is 1. The molecule has 0 saturated heterocycles. The standard InChI is InChI=1S/C12H18N4O3/c17-10(18)6-12(2-1-3-12)8-16-11(19)15-7-9-13-4-5-14-9/h4-5H,1-3,6-8H2,(H,13,14)(H,17,18)(H2,15,16,19). The molecular formula is C12H18N4O3. The molecule has 7 nitrogen and oxygen atoms in total. The summed E-state index contributed by atoms with van der Waals surface area (Å²) in [7, 11) is 0. The number of nitrogens with one attached hydrogen (secondary N) is 3. The van der Waals surface area contributed by atoms with Crippen LogP contribution in [0, 0.1) is 5.41 Å². The summed E-state index contributed by atoms with van der Waals surface area (Å²) in [5.74, 6) is -0.128. The first kappa shape index (κ1) is 13.4. The smallest absolute Gasteiger partial charge is 0.315 e. The second-order valence-electron chi connectivity index (χ2n) is 5.00. The van der Waals surface area contributed by atoms with Gasteiger partial charge in [0.25, 0.3) is 0 Å². The van der Waals surface area contributed by atoms with Gasteiger partial charge in [-0.1, -0.05) is 6.42 Å². The molecule has 4 N–H and O–H groups in total. The van der Waals surface area contributed by atoms with Crippen LogP contribution in [0.25, 0.3) is 0 Å². The van der Waals surface area contributed by atoms with Gasteiger partial charge in [0.15, 0.2) is 0 Å². The predicted molar refractivity (Wildman–Crippen MR) is 67.4 cm³/mol. The summed E-state index contributed by atoms with van der Waals surface area (Å²) in [6, 6.07) is -0.298. The van der Waals surface area contributed by atoms with Crippen LogP contribution in [-0.2, 0) is 11.3 Å². The van der Waals surface area contributed by atoms with E-state index in [0.717, 1.165) is 19.3 Å². The topological polar surface area (TPSA) is 107 Å². The van der Waals surface area contributed by atoms with Crippen LogP contribution in [0.1, 0.15) is 31.5 Å². The second kappa shape index (κ2) is 5.73. The maximum absolute atomic E-state index is 11.6. The Labute approximate surface area is 110 Å². The van der Waals surface area contributed by atoms with Gasteiger partial charge in [0.1, 0.15) is 5.82 Å². The van der Waals surface area contributed by atoms with Crippen molar-refractivity contribution in [3.8, 4) is 0 Å². The lowest BCUT2D eigenvalue weighted by atomic mass is 9.66. The number of nitrogens with zero attached hydrogens (tertiary/aromatic N) is 1. The van der Waals surface area contributed by atoms with Crippen LogP contribution < -0.4 is 10.6 Å². The number of aromatic amines is 1. The lowest BCUT2D eigenvalue weighted by Gasteiger charge is -2.40. The third-order valence-corrected chi connectivity index (χ3v) is 3.54. The zero-order valence-corrected chi connectivity index (χ0v) is 10.6. The molecule has 2 rings (SSSR count). The van der Waals surface area contributed by atoms with Crippen LogP contribution in [0.4, 0.5) is 4.79 Å². The molecule has 1 fully saturated rings. The Morgan fingerprint density at radius 3 is 2.74 bits per heavy atom. The minimum Gasteiger partial charge on any atom is -0.481 e. The van der Waals surface area contributed by atoms with E-state index in [-0.39, 0.29) is 17.9 Å². The Balaban J connectivity index is 1.72. The summed E-state index contributed by atoms with van der Waals surface area (Å²) >= 11 is 0. The van der Waals surface area contributed by atoms with Gasteiger partial charge in [0.2, 0.25) is 0 Å². The number of carbonyl (C=O) groups is 2. The number of aromatic nitrogens is 2. The molecule has 0 aromatic carbocycles. The van der Waals surface area contributed by atoms with Crippen molar-refractivity contribution in [1.29, 1.82) is 0 Å². The molecule has 1 aliphatic carbocycles. The second-order valence-corrected chi connectivity index (χ2v) is 5.00. The molecule has 2 amide bonds. The molecule has 0 radical (unpaired) electrons. The molecule has 0 atom stereocenters. The zero-order chi connectivity index (χ0) is 13.7. The number of hydrogen-bond acceptors (Lipinski definition) is 3. The highest BCUT2D eigenvalue weighted by Crippen LogP contribution is 2.43. The van der Waals surface area contributed by atoms with E-state index in [9.17, 15) is 9.59 Å². The summed E-state index contributed by atoms with van der Waals surface area (Å²) in [6.07, 6.45) is 6.17. The molecule has 1 aromatic heterocycles. The summed E-state index contributed by atoms with van der Waals surface area (Å²) in [5, 5.41) is 14.3. The molecule has 0 unspecified atom stereocenters. The van der Waals surface area contributed by atoms with E-state index in [1.165, 1.54) is 0 Å². The van der Waals surface area contributed by atoms with Crippen LogP contribution >= 0.6 is 0 Å². The Bertz CT molecular complexity index is 440. The van der Waals surface area contributed by atoms with Gasteiger partial charge in [0.05, 0.1) is 13.0 Å². The van der Waals surface area contributed by atoms with E-state index in [1.807, 2.05) is 0 Å². The molecule has 1 saturated carbocycles. The van der Waals surface area contributed by atoms with Crippen molar-refractivity contribution >= 4 is 12.0 Å². The van der Waals surface area contributed by atoms with E-state index in [1.54, 1.807) is 12.4 Å². The predicted octanol–water partition coefficient (Wildman–Crippen LogP) is 0.854.